The van der Waals surface area contributed by atoms with Gasteiger partial charge in [-0.15, -0.1) is 0 Å². The molecule has 2 nitrogen and oxygen atoms in total. The first-order valence-corrected chi connectivity index (χ1v) is 10.9. The van der Waals surface area contributed by atoms with Crippen molar-refractivity contribution < 1.29 is 13.9 Å². The summed E-state index contributed by atoms with van der Waals surface area (Å²) < 4.78 is 25.4. The summed E-state index contributed by atoms with van der Waals surface area (Å²) in [5.41, 5.74) is 0. The SMILES string of the molecule is CCOCCCCC1CCC(COc2cccc(PC)c2F)CC1. The second-order valence-electron chi connectivity index (χ2n) is 6.76. The smallest absolute Gasteiger partial charge is 0.172 e. The number of ether oxygens (including phenoxy) is 2. The Balaban J connectivity index is 1.65. The van der Waals surface area contributed by atoms with Crippen LogP contribution in [0.15, 0.2) is 18.2 Å². The molecule has 1 aromatic rings. The van der Waals surface area contributed by atoms with Gasteiger partial charge in [0, 0.05) is 18.5 Å². The molecule has 1 aromatic carbocycles. The molecule has 0 heterocycles. The second-order valence-corrected chi connectivity index (χ2v) is 7.80. The molecule has 0 amide bonds. The number of rotatable bonds is 10. The van der Waals surface area contributed by atoms with Crippen LogP contribution >= 0.6 is 8.58 Å². The van der Waals surface area contributed by atoms with E-state index in [4.69, 9.17) is 9.47 Å². The lowest BCUT2D eigenvalue weighted by Crippen LogP contribution is -2.21. The number of hydrogen-bond acceptors (Lipinski definition) is 2. The number of benzene rings is 1. The van der Waals surface area contributed by atoms with Crippen LogP contribution in [0, 0.1) is 17.7 Å². The highest BCUT2D eigenvalue weighted by atomic mass is 31.1. The molecule has 24 heavy (non-hydrogen) atoms. The van der Waals surface area contributed by atoms with Crippen molar-refractivity contribution in [2.24, 2.45) is 11.8 Å². The molecule has 0 bridgehead atoms. The molecule has 1 unspecified atom stereocenters. The van der Waals surface area contributed by atoms with E-state index in [1.165, 1.54) is 44.9 Å². The topological polar surface area (TPSA) is 18.5 Å². The van der Waals surface area contributed by atoms with Gasteiger partial charge < -0.3 is 9.47 Å². The van der Waals surface area contributed by atoms with Gasteiger partial charge >= 0.3 is 0 Å². The van der Waals surface area contributed by atoms with Crippen molar-refractivity contribution in [1.82, 2.24) is 0 Å². The van der Waals surface area contributed by atoms with Crippen molar-refractivity contribution in [2.75, 3.05) is 26.5 Å². The largest absolute Gasteiger partial charge is 0.490 e. The van der Waals surface area contributed by atoms with Crippen LogP contribution in [-0.4, -0.2) is 26.5 Å². The van der Waals surface area contributed by atoms with Crippen LogP contribution in [0.25, 0.3) is 0 Å². The molecule has 1 fully saturated rings. The van der Waals surface area contributed by atoms with Gasteiger partial charge in [-0.05, 0) is 50.8 Å². The summed E-state index contributed by atoms with van der Waals surface area (Å²) in [6, 6.07) is 5.49. The fourth-order valence-corrected chi connectivity index (χ4v) is 4.10. The molecular formula is C20H32FO2P. The van der Waals surface area contributed by atoms with Crippen LogP contribution in [0.1, 0.15) is 51.9 Å². The fourth-order valence-electron chi connectivity index (χ4n) is 3.49. The Labute approximate surface area is 148 Å². The molecule has 0 aliphatic heterocycles. The van der Waals surface area contributed by atoms with E-state index in [-0.39, 0.29) is 5.82 Å². The Kier molecular flexibility index (Phi) is 9.05. The third-order valence-corrected chi connectivity index (χ3v) is 5.95. The zero-order chi connectivity index (χ0) is 17.2. The molecule has 1 atom stereocenters. The Morgan fingerprint density at radius 2 is 1.88 bits per heavy atom. The van der Waals surface area contributed by atoms with Crippen molar-refractivity contribution >= 4 is 13.9 Å². The Bertz CT molecular complexity index is 473. The molecule has 1 aliphatic rings. The number of unbranched alkanes of at least 4 members (excludes halogenated alkanes) is 1. The van der Waals surface area contributed by atoms with E-state index >= 15 is 0 Å². The molecule has 0 radical (unpaired) electrons. The standard InChI is InChI=1S/C20H32FO2P/c1-3-22-14-5-4-7-16-10-12-17(13-11-16)15-23-18-8-6-9-19(24-2)20(18)21/h6,8-9,16-17,24H,3-5,7,10-15H2,1-2H3. The molecule has 1 aliphatic carbocycles. The maximum Gasteiger partial charge on any atom is 0.172 e. The molecule has 0 N–H and O–H groups in total. The van der Waals surface area contributed by atoms with Gasteiger partial charge in [-0.2, -0.15) is 0 Å². The highest BCUT2D eigenvalue weighted by Gasteiger charge is 2.22. The third kappa shape index (κ3) is 6.33. The Morgan fingerprint density at radius 1 is 1.12 bits per heavy atom. The van der Waals surface area contributed by atoms with Crippen LogP contribution in [0.2, 0.25) is 0 Å². The van der Waals surface area contributed by atoms with Crippen LogP contribution in [0.4, 0.5) is 4.39 Å². The van der Waals surface area contributed by atoms with Crippen molar-refractivity contribution in [1.29, 1.82) is 0 Å². The molecule has 0 spiro atoms. The average Bonchev–Trinajstić information content (AvgIpc) is 2.62. The summed E-state index contributed by atoms with van der Waals surface area (Å²) in [4.78, 5) is 0. The van der Waals surface area contributed by atoms with Crippen molar-refractivity contribution in [3.63, 3.8) is 0 Å². The van der Waals surface area contributed by atoms with Gasteiger partial charge in [0.15, 0.2) is 11.6 Å². The zero-order valence-corrected chi connectivity index (χ0v) is 16.2. The molecular weight excluding hydrogens is 322 g/mol. The molecule has 136 valence electrons. The summed E-state index contributed by atoms with van der Waals surface area (Å²) in [5, 5.41) is 0.767. The highest BCUT2D eigenvalue weighted by Crippen LogP contribution is 2.32. The van der Waals surface area contributed by atoms with Gasteiger partial charge in [0.1, 0.15) is 0 Å². The quantitative estimate of drug-likeness (QED) is 0.427. The number of hydrogen-bond donors (Lipinski definition) is 0. The number of halogens is 1. The van der Waals surface area contributed by atoms with Crippen LogP contribution in [-0.2, 0) is 4.74 Å². The van der Waals surface area contributed by atoms with E-state index in [1.54, 1.807) is 6.07 Å². The lowest BCUT2D eigenvalue weighted by Gasteiger charge is -2.28. The lowest BCUT2D eigenvalue weighted by molar-refractivity contribution is 0.138. The van der Waals surface area contributed by atoms with Gasteiger partial charge in [-0.1, -0.05) is 46.4 Å². The molecule has 2 rings (SSSR count). The summed E-state index contributed by atoms with van der Waals surface area (Å²) in [7, 11) is 0.468. The van der Waals surface area contributed by atoms with Gasteiger partial charge in [-0.3, -0.25) is 0 Å². The minimum atomic E-state index is -0.165. The molecule has 0 aromatic heterocycles. The maximum atomic E-state index is 14.2. The van der Waals surface area contributed by atoms with E-state index in [1.807, 2.05) is 25.7 Å². The average molecular weight is 354 g/mol. The van der Waals surface area contributed by atoms with E-state index in [0.717, 1.165) is 24.4 Å². The lowest BCUT2D eigenvalue weighted by atomic mass is 9.80. The van der Waals surface area contributed by atoms with Crippen molar-refractivity contribution in [2.45, 2.75) is 51.9 Å². The van der Waals surface area contributed by atoms with E-state index in [9.17, 15) is 4.39 Å². The zero-order valence-electron chi connectivity index (χ0n) is 15.2. The van der Waals surface area contributed by atoms with Crippen LogP contribution in [0.5, 0.6) is 5.75 Å². The summed E-state index contributed by atoms with van der Waals surface area (Å²) >= 11 is 0. The van der Waals surface area contributed by atoms with E-state index in [0.29, 0.717) is 26.9 Å². The predicted molar refractivity (Wildman–Crippen MR) is 102 cm³/mol. The first-order chi connectivity index (χ1) is 11.7. The maximum absolute atomic E-state index is 14.2. The highest BCUT2D eigenvalue weighted by molar-refractivity contribution is 7.46. The predicted octanol–water partition coefficient (Wildman–Crippen LogP) is 5.15. The van der Waals surface area contributed by atoms with Crippen LogP contribution < -0.4 is 10.0 Å². The fraction of sp³-hybridized carbons (Fsp3) is 0.700. The Hall–Kier alpha value is -0.660. The molecule has 1 saturated carbocycles. The monoisotopic (exact) mass is 354 g/mol. The van der Waals surface area contributed by atoms with Gasteiger partial charge in [0.05, 0.1) is 6.61 Å². The van der Waals surface area contributed by atoms with Crippen molar-refractivity contribution in [3.05, 3.63) is 24.0 Å². The molecule has 4 heteroatoms. The van der Waals surface area contributed by atoms with E-state index < -0.39 is 0 Å². The summed E-state index contributed by atoms with van der Waals surface area (Å²) in [5.74, 6) is 1.71. The first-order valence-electron chi connectivity index (χ1n) is 9.41. The van der Waals surface area contributed by atoms with Gasteiger partial charge in [-0.25, -0.2) is 4.39 Å². The normalized spacial score (nSPS) is 21.5. The van der Waals surface area contributed by atoms with Gasteiger partial charge in [0.25, 0.3) is 0 Å². The Morgan fingerprint density at radius 3 is 2.58 bits per heavy atom. The van der Waals surface area contributed by atoms with Crippen molar-refractivity contribution in [3.8, 4) is 5.75 Å². The van der Waals surface area contributed by atoms with Crippen LogP contribution in [0.3, 0.4) is 0 Å². The molecule has 0 saturated heterocycles. The minimum Gasteiger partial charge on any atom is -0.490 e. The van der Waals surface area contributed by atoms with Gasteiger partial charge in [0.2, 0.25) is 0 Å². The van der Waals surface area contributed by atoms with E-state index in [2.05, 4.69) is 0 Å². The summed E-state index contributed by atoms with van der Waals surface area (Å²) in [6.45, 7) is 6.44. The third-order valence-electron chi connectivity index (χ3n) is 5.03. The first kappa shape index (κ1) is 19.7. The summed E-state index contributed by atoms with van der Waals surface area (Å²) in [6.07, 6.45) is 8.81. The second kappa shape index (κ2) is 11.1. The minimum absolute atomic E-state index is 0.165.